The third kappa shape index (κ3) is 13.1. The van der Waals surface area contributed by atoms with Gasteiger partial charge in [0, 0.05) is 26.4 Å². The van der Waals surface area contributed by atoms with E-state index in [-0.39, 0.29) is 0 Å². The Morgan fingerprint density at radius 3 is 1.33 bits per heavy atom. The molecule has 0 N–H and O–H groups in total. The van der Waals surface area contributed by atoms with Crippen molar-refractivity contribution in [3.8, 4) is 0 Å². The van der Waals surface area contributed by atoms with Crippen LogP contribution in [0.5, 0.6) is 0 Å². The van der Waals surface area contributed by atoms with Crippen molar-refractivity contribution >= 4 is 0 Å². The molecule has 3 rings (SSSR count). The number of rotatable bonds is 9. The van der Waals surface area contributed by atoms with E-state index in [0.29, 0.717) is 17.6 Å². The molecule has 3 heteroatoms. The molecule has 252 valence electrons. The van der Waals surface area contributed by atoms with Crippen LogP contribution < -0.4 is 0 Å². The molecule has 3 aliphatic rings. The first kappa shape index (κ1) is 39.9. The van der Waals surface area contributed by atoms with Crippen molar-refractivity contribution in [1.82, 2.24) is 0 Å². The molecule has 0 amide bonds. The first-order valence-corrected chi connectivity index (χ1v) is 18.3. The highest BCUT2D eigenvalue weighted by atomic mass is 16.5. The van der Waals surface area contributed by atoms with Gasteiger partial charge in [0.1, 0.15) is 0 Å². The molecule has 0 spiro atoms. The average molecular weight is 595 g/mol. The Bertz CT molecular complexity index is 635. The SMILES string of the molecule is CC(C)C(C(C)C)C1(C)CCOCC1.CC(C)C(C(C)C)C1CCCOC1.CC1CC(C(C(C)C)C(C)C)CC(C)O1. The van der Waals surface area contributed by atoms with Crippen LogP contribution in [0.3, 0.4) is 0 Å². The van der Waals surface area contributed by atoms with Crippen LogP contribution in [0.25, 0.3) is 0 Å². The van der Waals surface area contributed by atoms with E-state index in [2.05, 4.69) is 104 Å². The quantitative estimate of drug-likeness (QED) is 0.266. The van der Waals surface area contributed by atoms with Gasteiger partial charge in [-0.15, -0.1) is 0 Å². The molecule has 0 radical (unpaired) electrons. The second-order valence-corrected chi connectivity index (χ2v) is 16.9. The van der Waals surface area contributed by atoms with E-state index in [1.165, 1.54) is 38.5 Å². The van der Waals surface area contributed by atoms with Gasteiger partial charge in [-0.2, -0.15) is 0 Å². The third-order valence-electron chi connectivity index (χ3n) is 11.0. The van der Waals surface area contributed by atoms with Gasteiger partial charge >= 0.3 is 0 Å². The van der Waals surface area contributed by atoms with Crippen LogP contribution in [0, 0.1) is 70.5 Å². The lowest BCUT2D eigenvalue weighted by molar-refractivity contribution is -0.0728. The van der Waals surface area contributed by atoms with Crippen LogP contribution in [-0.2, 0) is 14.2 Å². The number of ether oxygens (including phenoxy) is 3. The van der Waals surface area contributed by atoms with Crippen molar-refractivity contribution in [3.05, 3.63) is 0 Å². The van der Waals surface area contributed by atoms with Crippen LogP contribution in [-0.4, -0.2) is 38.6 Å². The predicted molar refractivity (Wildman–Crippen MR) is 184 cm³/mol. The van der Waals surface area contributed by atoms with Crippen molar-refractivity contribution in [2.75, 3.05) is 26.4 Å². The Morgan fingerprint density at radius 2 is 0.976 bits per heavy atom. The Labute approximate surface area is 265 Å². The van der Waals surface area contributed by atoms with Crippen LogP contribution in [0.2, 0.25) is 0 Å². The van der Waals surface area contributed by atoms with Crippen LogP contribution >= 0.6 is 0 Å². The average Bonchev–Trinajstić information content (AvgIpc) is 2.84. The lowest BCUT2D eigenvalue weighted by Crippen LogP contribution is -2.39. The summed E-state index contributed by atoms with van der Waals surface area (Å²) in [5, 5.41) is 0. The molecule has 3 heterocycles. The summed E-state index contributed by atoms with van der Waals surface area (Å²) < 4.78 is 16.9. The molecule has 0 aromatic rings. The van der Waals surface area contributed by atoms with Crippen molar-refractivity contribution in [3.63, 3.8) is 0 Å². The fourth-order valence-electron chi connectivity index (χ4n) is 10.1. The van der Waals surface area contributed by atoms with Crippen LogP contribution in [0.4, 0.5) is 0 Å². The summed E-state index contributed by atoms with van der Waals surface area (Å²) in [7, 11) is 0. The first-order chi connectivity index (χ1) is 19.5. The van der Waals surface area contributed by atoms with E-state index in [0.717, 1.165) is 91.5 Å². The van der Waals surface area contributed by atoms with Gasteiger partial charge in [-0.1, -0.05) is 90.0 Å². The van der Waals surface area contributed by atoms with Crippen molar-refractivity contribution in [2.45, 2.75) is 155 Å². The largest absolute Gasteiger partial charge is 0.381 e. The molecule has 0 saturated carbocycles. The maximum absolute atomic E-state index is 5.83. The Balaban J connectivity index is 0.000000316. The zero-order valence-corrected chi connectivity index (χ0v) is 31.3. The van der Waals surface area contributed by atoms with Gasteiger partial charge in [0.2, 0.25) is 0 Å². The topological polar surface area (TPSA) is 27.7 Å². The normalized spacial score (nSPS) is 26.9. The highest BCUT2D eigenvalue weighted by Gasteiger charge is 2.39. The molecule has 3 atom stereocenters. The molecular formula is C39H78O3. The summed E-state index contributed by atoms with van der Waals surface area (Å²) in [5.74, 6) is 9.00. The van der Waals surface area contributed by atoms with Crippen molar-refractivity contribution in [2.24, 2.45) is 70.5 Å². The number of hydrogen-bond acceptors (Lipinski definition) is 3. The molecule has 3 nitrogen and oxygen atoms in total. The first-order valence-electron chi connectivity index (χ1n) is 18.3. The van der Waals surface area contributed by atoms with Gasteiger partial charge < -0.3 is 14.2 Å². The van der Waals surface area contributed by atoms with E-state index >= 15 is 0 Å². The molecule has 0 bridgehead atoms. The Hall–Kier alpha value is -0.120. The second-order valence-electron chi connectivity index (χ2n) is 16.9. The Morgan fingerprint density at radius 1 is 0.548 bits per heavy atom. The standard InChI is InChI=1S/C14H28O.C13H26O.C12H24O/c1-9(2)14(10(3)4)13-7-11(5)15-12(6)8-13;1-10(2)12(11(3)4)13(5)6-8-14-9-7-13;1-9(2)12(10(3)4)11-6-5-7-13-8-11/h9-14H,7-8H2,1-6H3;10-12H,6-9H2,1-5H3;9-12H,5-8H2,1-4H3. The third-order valence-corrected chi connectivity index (χ3v) is 11.0. The van der Waals surface area contributed by atoms with Gasteiger partial charge in [0.15, 0.2) is 0 Å². The maximum atomic E-state index is 5.83. The minimum absolute atomic E-state index is 0.457. The molecule has 0 aromatic carbocycles. The summed E-state index contributed by atoms with van der Waals surface area (Å²) in [6.07, 6.45) is 8.55. The molecule has 0 aliphatic carbocycles. The summed E-state index contributed by atoms with van der Waals surface area (Å²) in [6.45, 7) is 39.2. The van der Waals surface area contributed by atoms with Gasteiger partial charge in [-0.05, 0) is 123 Å². The monoisotopic (exact) mass is 595 g/mol. The molecular weight excluding hydrogens is 516 g/mol. The molecule has 3 unspecified atom stereocenters. The van der Waals surface area contributed by atoms with Gasteiger partial charge in [-0.25, -0.2) is 0 Å². The highest BCUT2D eigenvalue weighted by Crippen LogP contribution is 2.45. The van der Waals surface area contributed by atoms with Gasteiger partial charge in [-0.3, -0.25) is 0 Å². The molecule has 42 heavy (non-hydrogen) atoms. The molecule has 3 saturated heterocycles. The predicted octanol–water partition coefficient (Wildman–Crippen LogP) is 11.2. The minimum Gasteiger partial charge on any atom is -0.381 e. The molecule has 3 aliphatic heterocycles. The summed E-state index contributed by atoms with van der Waals surface area (Å²) >= 11 is 0. The van der Waals surface area contributed by atoms with Gasteiger partial charge in [0.05, 0.1) is 12.2 Å². The smallest absolute Gasteiger partial charge is 0.0553 e. The Kier molecular flexibility index (Phi) is 18.4. The maximum Gasteiger partial charge on any atom is 0.0553 e. The number of hydrogen-bond donors (Lipinski definition) is 0. The zero-order valence-electron chi connectivity index (χ0n) is 31.3. The fraction of sp³-hybridized carbons (Fsp3) is 1.00. The molecule has 3 fully saturated rings. The van der Waals surface area contributed by atoms with Crippen LogP contribution in [0.15, 0.2) is 0 Å². The highest BCUT2D eigenvalue weighted by molar-refractivity contribution is 4.88. The van der Waals surface area contributed by atoms with Crippen molar-refractivity contribution in [1.29, 1.82) is 0 Å². The van der Waals surface area contributed by atoms with Gasteiger partial charge in [0.25, 0.3) is 0 Å². The van der Waals surface area contributed by atoms with Crippen molar-refractivity contribution < 1.29 is 14.2 Å². The fourth-order valence-corrected chi connectivity index (χ4v) is 10.1. The molecule has 0 aromatic heterocycles. The summed E-state index contributed by atoms with van der Waals surface area (Å²) in [5.41, 5.74) is 0.514. The summed E-state index contributed by atoms with van der Waals surface area (Å²) in [4.78, 5) is 0. The van der Waals surface area contributed by atoms with E-state index < -0.39 is 0 Å². The summed E-state index contributed by atoms with van der Waals surface area (Å²) in [6, 6.07) is 0. The lowest BCUT2D eigenvalue weighted by Gasteiger charge is -2.45. The van der Waals surface area contributed by atoms with E-state index in [4.69, 9.17) is 14.2 Å². The lowest BCUT2D eigenvalue weighted by atomic mass is 9.63. The van der Waals surface area contributed by atoms with E-state index in [1.54, 1.807) is 0 Å². The second kappa shape index (κ2) is 19.4. The van der Waals surface area contributed by atoms with Crippen LogP contribution in [0.1, 0.15) is 142 Å². The van der Waals surface area contributed by atoms with E-state index in [1.807, 2.05) is 0 Å². The zero-order chi connectivity index (χ0) is 32.2. The van der Waals surface area contributed by atoms with E-state index in [9.17, 15) is 0 Å². The minimum atomic E-state index is 0.457.